The van der Waals surface area contributed by atoms with Crippen molar-refractivity contribution in [3.05, 3.63) is 35.9 Å². The molecule has 0 spiro atoms. The van der Waals surface area contributed by atoms with E-state index in [4.69, 9.17) is 9.47 Å². The number of rotatable bonds is 4. The summed E-state index contributed by atoms with van der Waals surface area (Å²) < 4.78 is 10.6. The predicted octanol–water partition coefficient (Wildman–Crippen LogP) is 2.20. The van der Waals surface area contributed by atoms with E-state index in [0.29, 0.717) is 6.54 Å². The lowest BCUT2D eigenvalue weighted by Gasteiger charge is -2.37. The molecule has 1 aliphatic rings. The predicted molar refractivity (Wildman–Crippen MR) is 95.2 cm³/mol. The minimum atomic E-state index is -0.702. The van der Waals surface area contributed by atoms with Gasteiger partial charge >= 0.3 is 12.1 Å². The van der Waals surface area contributed by atoms with Crippen LogP contribution in [-0.2, 0) is 25.7 Å². The Balaban J connectivity index is 1.86. The van der Waals surface area contributed by atoms with E-state index in [0.717, 1.165) is 5.56 Å². The third kappa shape index (κ3) is 5.47. The van der Waals surface area contributed by atoms with E-state index in [-0.39, 0.29) is 25.6 Å². The molecule has 0 bridgehead atoms. The third-order valence-electron chi connectivity index (χ3n) is 3.94. The smallest absolute Gasteiger partial charge is 0.410 e. The average molecular weight is 362 g/mol. The summed E-state index contributed by atoms with van der Waals surface area (Å²) in [7, 11) is 0. The van der Waals surface area contributed by atoms with Crippen molar-refractivity contribution in [2.75, 3.05) is 19.6 Å². The number of piperazine rings is 1. The van der Waals surface area contributed by atoms with Gasteiger partial charge in [-0.15, -0.1) is 0 Å². The number of carbonyl (C=O) groups excluding carboxylic acids is 3. The van der Waals surface area contributed by atoms with Gasteiger partial charge in [0.25, 0.3) is 0 Å². The van der Waals surface area contributed by atoms with Crippen molar-refractivity contribution < 1.29 is 23.9 Å². The zero-order chi connectivity index (χ0) is 19.3. The molecule has 2 rings (SSSR count). The van der Waals surface area contributed by atoms with E-state index in [1.54, 1.807) is 27.7 Å². The number of benzene rings is 1. The van der Waals surface area contributed by atoms with Gasteiger partial charge in [-0.3, -0.25) is 9.69 Å². The molecule has 0 saturated carbocycles. The van der Waals surface area contributed by atoms with Crippen molar-refractivity contribution in [2.24, 2.45) is 0 Å². The normalized spacial score (nSPS) is 16.2. The maximum Gasteiger partial charge on any atom is 0.410 e. The van der Waals surface area contributed by atoms with Gasteiger partial charge in [0.2, 0.25) is 5.91 Å². The van der Waals surface area contributed by atoms with Crippen LogP contribution in [-0.4, -0.2) is 59.0 Å². The molecule has 0 aromatic heterocycles. The second kappa shape index (κ2) is 8.21. The molecule has 2 amide bonds. The quantitative estimate of drug-likeness (QED) is 0.768. The highest BCUT2D eigenvalue weighted by Gasteiger charge is 2.35. The summed E-state index contributed by atoms with van der Waals surface area (Å²) in [6.45, 7) is 7.58. The summed E-state index contributed by atoms with van der Waals surface area (Å²) >= 11 is 0. The van der Waals surface area contributed by atoms with Gasteiger partial charge in [-0.1, -0.05) is 30.3 Å². The van der Waals surface area contributed by atoms with Gasteiger partial charge in [0, 0.05) is 13.1 Å². The first kappa shape index (κ1) is 19.8. The zero-order valence-electron chi connectivity index (χ0n) is 15.7. The second-order valence-corrected chi connectivity index (χ2v) is 7.26. The van der Waals surface area contributed by atoms with Crippen LogP contribution < -0.4 is 0 Å². The molecule has 7 heteroatoms. The number of amides is 2. The molecule has 0 unspecified atom stereocenters. The van der Waals surface area contributed by atoms with Gasteiger partial charge in [-0.05, 0) is 33.3 Å². The van der Waals surface area contributed by atoms with Crippen LogP contribution in [0.15, 0.2) is 30.3 Å². The monoisotopic (exact) mass is 362 g/mol. The van der Waals surface area contributed by atoms with Gasteiger partial charge in [0.15, 0.2) is 0 Å². The lowest BCUT2D eigenvalue weighted by molar-refractivity contribution is -0.157. The highest BCUT2D eigenvalue weighted by molar-refractivity contribution is 5.88. The van der Waals surface area contributed by atoms with Crippen LogP contribution in [0.4, 0.5) is 4.79 Å². The van der Waals surface area contributed by atoms with Crippen molar-refractivity contribution in [1.29, 1.82) is 0 Å². The molecule has 1 aromatic rings. The Bertz CT molecular complexity index is 654. The Hall–Kier alpha value is -2.57. The molecule has 1 aliphatic heterocycles. The Labute approximate surface area is 153 Å². The first-order valence-electron chi connectivity index (χ1n) is 8.65. The van der Waals surface area contributed by atoms with Crippen LogP contribution in [0.2, 0.25) is 0 Å². The molecule has 1 heterocycles. The molecule has 1 atom stereocenters. The zero-order valence-corrected chi connectivity index (χ0v) is 15.7. The van der Waals surface area contributed by atoms with E-state index in [1.165, 1.54) is 9.80 Å². The van der Waals surface area contributed by atoms with Crippen molar-refractivity contribution in [1.82, 2.24) is 9.80 Å². The summed E-state index contributed by atoms with van der Waals surface area (Å²) in [6.07, 6.45) is -0.523. The van der Waals surface area contributed by atoms with Crippen molar-refractivity contribution in [3.63, 3.8) is 0 Å². The SMILES string of the molecule is C[C@@H](C(=O)OCc1ccccc1)N1CCN(C(=O)OC(C)(C)C)CC1=O. The Morgan fingerprint density at radius 1 is 1.15 bits per heavy atom. The maximum atomic E-state index is 12.4. The number of carbonyl (C=O) groups is 3. The lowest BCUT2D eigenvalue weighted by Crippen LogP contribution is -2.57. The van der Waals surface area contributed by atoms with Gasteiger partial charge in [-0.25, -0.2) is 9.59 Å². The van der Waals surface area contributed by atoms with Crippen molar-refractivity contribution in [2.45, 2.75) is 45.9 Å². The molecule has 1 aromatic carbocycles. The van der Waals surface area contributed by atoms with Crippen LogP contribution in [0.3, 0.4) is 0 Å². The number of nitrogens with zero attached hydrogens (tertiary/aromatic N) is 2. The highest BCUT2D eigenvalue weighted by Crippen LogP contribution is 2.14. The fourth-order valence-corrected chi connectivity index (χ4v) is 2.55. The third-order valence-corrected chi connectivity index (χ3v) is 3.94. The number of hydrogen-bond donors (Lipinski definition) is 0. The van der Waals surface area contributed by atoms with Crippen molar-refractivity contribution >= 4 is 18.0 Å². The van der Waals surface area contributed by atoms with Crippen LogP contribution >= 0.6 is 0 Å². The highest BCUT2D eigenvalue weighted by atomic mass is 16.6. The van der Waals surface area contributed by atoms with Crippen LogP contribution in [0.1, 0.15) is 33.3 Å². The summed E-state index contributed by atoms with van der Waals surface area (Å²) in [5.74, 6) is -0.765. The van der Waals surface area contributed by atoms with Gasteiger partial charge in [0.05, 0.1) is 0 Å². The van der Waals surface area contributed by atoms with E-state index in [9.17, 15) is 14.4 Å². The lowest BCUT2D eigenvalue weighted by atomic mass is 10.2. The minimum absolute atomic E-state index is 0.106. The molecule has 0 aliphatic carbocycles. The molecule has 1 saturated heterocycles. The molecule has 0 radical (unpaired) electrons. The number of ether oxygens (including phenoxy) is 2. The van der Waals surface area contributed by atoms with E-state index in [1.807, 2.05) is 30.3 Å². The van der Waals surface area contributed by atoms with E-state index >= 15 is 0 Å². The van der Waals surface area contributed by atoms with Crippen molar-refractivity contribution in [3.8, 4) is 0 Å². The van der Waals surface area contributed by atoms with E-state index < -0.39 is 23.7 Å². The fourth-order valence-electron chi connectivity index (χ4n) is 2.55. The first-order valence-corrected chi connectivity index (χ1v) is 8.65. The van der Waals surface area contributed by atoms with Crippen LogP contribution in [0.25, 0.3) is 0 Å². The Morgan fingerprint density at radius 3 is 2.38 bits per heavy atom. The summed E-state index contributed by atoms with van der Waals surface area (Å²) in [5, 5.41) is 0. The summed E-state index contributed by atoms with van der Waals surface area (Å²) in [4.78, 5) is 39.5. The molecular weight excluding hydrogens is 336 g/mol. The number of hydrogen-bond acceptors (Lipinski definition) is 5. The summed E-state index contributed by atoms with van der Waals surface area (Å²) in [5.41, 5.74) is 0.264. The Kier molecular flexibility index (Phi) is 6.23. The van der Waals surface area contributed by atoms with Crippen LogP contribution in [0.5, 0.6) is 0 Å². The molecular formula is C19H26N2O5. The summed E-state index contributed by atoms with van der Waals surface area (Å²) in [6, 6.07) is 8.65. The molecule has 26 heavy (non-hydrogen) atoms. The minimum Gasteiger partial charge on any atom is -0.459 e. The standard InChI is InChI=1S/C19H26N2O5/c1-14(17(23)25-13-15-8-6-5-7-9-15)21-11-10-20(12-16(21)22)18(24)26-19(2,3)4/h5-9,14H,10-13H2,1-4H3/t14-/m0/s1. The first-order chi connectivity index (χ1) is 12.2. The maximum absolute atomic E-state index is 12.4. The largest absolute Gasteiger partial charge is 0.459 e. The second-order valence-electron chi connectivity index (χ2n) is 7.26. The average Bonchev–Trinajstić information content (AvgIpc) is 2.58. The van der Waals surface area contributed by atoms with Crippen LogP contribution in [0, 0.1) is 0 Å². The molecule has 0 N–H and O–H groups in total. The number of esters is 1. The molecule has 142 valence electrons. The van der Waals surface area contributed by atoms with Gasteiger partial charge < -0.3 is 14.4 Å². The van der Waals surface area contributed by atoms with E-state index in [2.05, 4.69) is 0 Å². The van der Waals surface area contributed by atoms with Gasteiger partial charge in [0.1, 0.15) is 24.8 Å². The van der Waals surface area contributed by atoms with Gasteiger partial charge in [-0.2, -0.15) is 0 Å². The topological polar surface area (TPSA) is 76.2 Å². The Morgan fingerprint density at radius 2 is 1.81 bits per heavy atom. The fraction of sp³-hybridized carbons (Fsp3) is 0.526. The molecule has 1 fully saturated rings. The molecule has 7 nitrogen and oxygen atoms in total.